The number of carbonyl (C=O) groups excluding carboxylic acids is 4. The number of amides is 3. The molecule has 1 N–H and O–H groups in total. The fraction of sp³-hybridized carbons (Fsp3) is 0.333. The first-order valence-corrected chi connectivity index (χ1v) is 12.8. The van der Waals surface area contributed by atoms with Gasteiger partial charge in [0.05, 0.1) is 32.8 Å². The van der Waals surface area contributed by atoms with E-state index in [-0.39, 0.29) is 58.8 Å². The minimum absolute atomic E-state index is 0.0409. The number of ether oxygens (including phenoxy) is 3. The van der Waals surface area contributed by atoms with Crippen LogP contribution in [0.1, 0.15) is 24.8 Å². The molecule has 14 heteroatoms. The van der Waals surface area contributed by atoms with Crippen molar-refractivity contribution < 1.29 is 38.2 Å². The van der Waals surface area contributed by atoms with Crippen LogP contribution in [0.15, 0.2) is 54.6 Å². The van der Waals surface area contributed by atoms with Gasteiger partial charge in [0.15, 0.2) is 0 Å². The van der Waals surface area contributed by atoms with Crippen LogP contribution in [0.2, 0.25) is 0 Å². The van der Waals surface area contributed by atoms with Crippen LogP contribution in [0, 0.1) is 0 Å². The van der Waals surface area contributed by atoms with Crippen LogP contribution in [0.3, 0.4) is 0 Å². The molecule has 0 aliphatic carbocycles. The van der Waals surface area contributed by atoms with Gasteiger partial charge in [-0.15, -0.1) is 25.5 Å². The molecule has 3 amide bonds. The van der Waals surface area contributed by atoms with Crippen LogP contribution in [-0.2, 0) is 40.0 Å². The molecular weight excluding hydrogens is 536 g/mol. The maximum absolute atomic E-state index is 11.9. The Morgan fingerprint density at radius 3 is 1.98 bits per heavy atom. The van der Waals surface area contributed by atoms with Gasteiger partial charge in [0, 0.05) is 30.5 Å². The van der Waals surface area contributed by atoms with Crippen LogP contribution >= 0.6 is 0 Å². The highest BCUT2D eigenvalue weighted by molar-refractivity contribution is 6.01. The second-order valence-electron chi connectivity index (χ2n) is 8.63. The van der Waals surface area contributed by atoms with Crippen LogP contribution < -0.4 is 5.32 Å². The molecule has 0 spiro atoms. The summed E-state index contributed by atoms with van der Waals surface area (Å²) in [5.41, 5.74) is 2.34. The van der Waals surface area contributed by atoms with Crippen molar-refractivity contribution in [1.82, 2.24) is 30.8 Å². The molecule has 0 saturated carbocycles. The Balaban J connectivity index is 1.03. The molecule has 0 atom stereocenters. The summed E-state index contributed by atoms with van der Waals surface area (Å²) in [5, 5.41) is 19.7. The standard InChI is InChI=1S/C27H28N6O8/c34-22-10-11-23(35)33(22)41-24(36)12-14-38-16-17-39-15-13-28-27(37)40-18-19-6-8-21(9-7-19)26-31-29-25(30-32-26)20-4-2-1-3-5-20/h1-9H,10-18H2,(H,28,37). The van der Waals surface area contributed by atoms with Gasteiger partial charge in [-0.25, -0.2) is 9.59 Å². The molecule has 0 unspecified atom stereocenters. The molecule has 14 nitrogen and oxygen atoms in total. The molecule has 0 bridgehead atoms. The lowest BCUT2D eigenvalue weighted by Crippen LogP contribution is -2.32. The topological polar surface area (TPSA) is 172 Å². The van der Waals surface area contributed by atoms with Crippen molar-refractivity contribution >= 4 is 23.9 Å². The van der Waals surface area contributed by atoms with Gasteiger partial charge in [-0.3, -0.25) is 9.59 Å². The predicted octanol–water partition coefficient (Wildman–Crippen LogP) is 1.86. The van der Waals surface area contributed by atoms with Crippen molar-refractivity contribution in [3.8, 4) is 22.8 Å². The minimum atomic E-state index is -0.731. The van der Waals surface area contributed by atoms with Crippen molar-refractivity contribution in [3.05, 3.63) is 60.2 Å². The van der Waals surface area contributed by atoms with Crippen molar-refractivity contribution in [2.24, 2.45) is 0 Å². The largest absolute Gasteiger partial charge is 0.445 e. The number of hydrogen-bond acceptors (Lipinski definition) is 12. The number of nitrogens with one attached hydrogen (secondary N) is 1. The second kappa shape index (κ2) is 15.1. The number of carbonyl (C=O) groups is 4. The number of aromatic nitrogens is 4. The van der Waals surface area contributed by atoms with Crippen molar-refractivity contribution in [3.63, 3.8) is 0 Å². The van der Waals surface area contributed by atoms with Gasteiger partial charge < -0.3 is 24.4 Å². The summed E-state index contributed by atoms with van der Waals surface area (Å²) >= 11 is 0. The SMILES string of the molecule is O=C(CCOCCOCCNC(=O)OCc1ccc(-c2nnc(-c3ccccc3)nn2)cc1)ON1C(=O)CCC1=O. The number of nitrogens with zero attached hydrogens (tertiary/aromatic N) is 5. The summed E-state index contributed by atoms with van der Waals surface area (Å²) in [6, 6.07) is 16.6. The van der Waals surface area contributed by atoms with E-state index < -0.39 is 23.9 Å². The maximum Gasteiger partial charge on any atom is 0.407 e. The van der Waals surface area contributed by atoms with E-state index in [1.54, 1.807) is 24.3 Å². The maximum atomic E-state index is 11.9. The molecule has 1 aromatic heterocycles. The smallest absolute Gasteiger partial charge is 0.407 e. The number of benzene rings is 2. The summed E-state index contributed by atoms with van der Waals surface area (Å²) in [6.45, 7) is 1.05. The molecule has 4 rings (SSSR count). The highest BCUT2D eigenvalue weighted by Crippen LogP contribution is 2.17. The molecular formula is C27H28N6O8. The number of imide groups is 1. The fourth-order valence-corrected chi connectivity index (χ4v) is 3.51. The first-order valence-electron chi connectivity index (χ1n) is 12.8. The Bertz CT molecular complexity index is 1310. The lowest BCUT2D eigenvalue weighted by Gasteiger charge is -2.12. The quantitative estimate of drug-likeness (QED) is 0.223. The van der Waals surface area contributed by atoms with E-state index in [4.69, 9.17) is 19.0 Å². The average Bonchev–Trinajstić information content (AvgIpc) is 3.32. The normalized spacial score (nSPS) is 12.8. The van der Waals surface area contributed by atoms with Gasteiger partial charge in [0.2, 0.25) is 11.6 Å². The van der Waals surface area contributed by atoms with Gasteiger partial charge in [0.1, 0.15) is 6.61 Å². The molecule has 2 aromatic carbocycles. The molecule has 1 aliphatic rings. The molecule has 214 valence electrons. The van der Waals surface area contributed by atoms with Crippen LogP contribution in [-0.4, -0.2) is 82.3 Å². The highest BCUT2D eigenvalue weighted by Gasteiger charge is 2.32. The third-order valence-corrected chi connectivity index (χ3v) is 5.63. The van der Waals surface area contributed by atoms with Gasteiger partial charge in [-0.05, 0) is 5.56 Å². The summed E-state index contributed by atoms with van der Waals surface area (Å²) < 4.78 is 15.8. The van der Waals surface area contributed by atoms with Gasteiger partial charge in [-0.2, -0.15) is 0 Å². The first-order chi connectivity index (χ1) is 20.0. The van der Waals surface area contributed by atoms with Crippen LogP contribution in [0.5, 0.6) is 0 Å². The molecule has 41 heavy (non-hydrogen) atoms. The Morgan fingerprint density at radius 2 is 1.34 bits per heavy atom. The second-order valence-corrected chi connectivity index (χ2v) is 8.63. The Kier molecular flexibility index (Phi) is 10.7. The average molecular weight is 565 g/mol. The molecule has 1 saturated heterocycles. The van der Waals surface area contributed by atoms with Gasteiger partial charge in [-0.1, -0.05) is 54.6 Å². The summed E-state index contributed by atoms with van der Waals surface area (Å²) in [4.78, 5) is 51.1. The number of hydrogen-bond donors (Lipinski definition) is 1. The van der Waals surface area contributed by atoms with Gasteiger partial charge in [0.25, 0.3) is 11.8 Å². The van der Waals surface area contributed by atoms with E-state index >= 15 is 0 Å². The monoisotopic (exact) mass is 564 g/mol. The van der Waals surface area contributed by atoms with Gasteiger partial charge >= 0.3 is 12.1 Å². The summed E-state index contributed by atoms with van der Waals surface area (Å²) in [7, 11) is 0. The molecule has 1 aliphatic heterocycles. The van der Waals surface area contributed by atoms with Crippen molar-refractivity contribution in [2.75, 3.05) is 33.0 Å². The summed E-state index contributed by atoms with van der Waals surface area (Å²) in [6.07, 6.45) is -0.619. The highest BCUT2D eigenvalue weighted by atomic mass is 16.7. The van der Waals surface area contributed by atoms with E-state index in [9.17, 15) is 19.2 Å². The van der Waals surface area contributed by atoms with Crippen LogP contribution in [0.4, 0.5) is 4.79 Å². The molecule has 0 radical (unpaired) electrons. The van der Waals surface area contributed by atoms with E-state index in [1.165, 1.54) is 0 Å². The molecule has 3 aromatic rings. The van der Waals surface area contributed by atoms with E-state index in [1.807, 2.05) is 30.3 Å². The van der Waals surface area contributed by atoms with E-state index in [0.29, 0.717) is 16.7 Å². The third kappa shape index (κ3) is 9.12. The zero-order chi connectivity index (χ0) is 28.9. The molecule has 2 heterocycles. The van der Waals surface area contributed by atoms with E-state index in [2.05, 4.69) is 25.7 Å². The lowest BCUT2D eigenvalue weighted by molar-refractivity contribution is -0.198. The van der Waals surface area contributed by atoms with Crippen molar-refractivity contribution in [1.29, 1.82) is 0 Å². The Labute approximate surface area is 234 Å². The fourth-order valence-electron chi connectivity index (χ4n) is 3.51. The lowest BCUT2D eigenvalue weighted by atomic mass is 10.1. The number of hydroxylamine groups is 2. The number of rotatable bonds is 14. The zero-order valence-corrected chi connectivity index (χ0v) is 22.1. The summed E-state index contributed by atoms with van der Waals surface area (Å²) in [5.74, 6) is -0.965. The Morgan fingerprint density at radius 1 is 0.756 bits per heavy atom. The minimum Gasteiger partial charge on any atom is -0.445 e. The van der Waals surface area contributed by atoms with Crippen LogP contribution in [0.25, 0.3) is 22.8 Å². The number of alkyl carbamates (subject to hydrolysis) is 1. The van der Waals surface area contributed by atoms with Crippen molar-refractivity contribution in [2.45, 2.75) is 25.9 Å². The molecule has 1 fully saturated rings. The predicted molar refractivity (Wildman–Crippen MR) is 140 cm³/mol. The third-order valence-electron chi connectivity index (χ3n) is 5.63. The first kappa shape index (κ1) is 29.2. The zero-order valence-electron chi connectivity index (χ0n) is 22.1. The Hall–Kier alpha value is -4.82. The van der Waals surface area contributed by atoms with E-state index in [0.717, 1.165) is 16.7 Å².